The van der Waals surface area contributed by atoms with Crippen LogP contribution in [0.1, 0.15) is 49.9 Å². The molecule has 0 aliphatic heterocycles. The van der Waals surface area contributed by atoms with Crippen LogP contribution in [0.5, 0.6) is 11.5 Å². The average molecular weight is 582 g/mol. The molecule has 1 atom stereocenters. The summed E-state index contributed by atoms with van der Waals surface area (Å²) < 4.78 is 5.42. The molecule has 1 heterocycles. The van der Waals surface area contributed by atoms with Crippen LogP contribution in [0.4, 0.5) is 0 Å². The predicted molar refractivity (Wildman–Crippen MR) is 161 cm³/mol. The molecule has 6 rings (SSSR count). The summed E-state index contributed by atoms with van der Waals surface area (Å²) in [5, 5.41) is 32.3. The van der Waals surface area contributed by atoms with Gasteiger partial charge in [-0.25, -0.2) is 0 Å². The van der Waals surface area contributed by atoms with Crippen LogP contribution < -0.4 is 42.4 Å². The first kappa shape index (κ1) is 27.9. The lowest BCUT2D eigenvalue weighted by Crippen LogP contribution is -2.52. The molecule has 0 amide bonds. The maximum atomic E-state index is 13.8. The second-order valence-corrected chi connectivity index (χ2v) is 10.8. The van der Waals surface area contributed by atoms with E-state index in [-0.39, 0.29) is 36.1 Å². The summed E-state index contributed by atoms with van der Waals surface area (Å²) in [5.41, 5.74) is -5.69. The van der Waals surface area contributed by atoms with E-state index < -0.39 is 70.8 Å². The van der Waals surface area contributed by atoms with Crippen molar-refractivity contribution in [3.8, 4) is 11.5 Å². The van der Waals surface area contributed by atoms with Gasteiger partial charge >= 0.3 is 0 Å². The van der Waals surface area contributed by atoms with E-state index in [1.165, 1.54) is 0 Å². The number of aliphatic hydroxyl groups excluding tert-OH is 2. The first-order valence-electron chi connectivity index (χ1n) is 13.9. The number of aromatic hydroxyl groups is 1. The van der Waals surface area contributed by atoms with Gasteiger partial charge in [0.1, 0.15) is 22.7 Å². The third-order valence-electron chi connectivity index (χ3n) is 8.39. The Kier molecular flexibility index (Phi) is 6.45. The summed E-state index contributed by atoms with van der Waals surface area (Å²) in [4.78, 5) is 69.5. The number of aryl methyl sites for hydroxylation is 1. The highest BCUT2D eigenvalue weighted by atomic mass is 16.5. The number of ether oxygens (including phenoxy) is 1. The number of rotatable bonds is 6. The quantitative estimate of drug-likeness (QED) is 0.193. The molecule has 10 nitrogen and oxygen atoms in total. The van der Waals surface area contributed by atoms with Crippen LogP contribution in [0.2, 0.25) is 0 Å². The molecule has 218 valence electrons. The molecule has 4 aliphatic carbocycles. The van der Waals surface area contributed by atoms with Gasteiger partial charge in [-0.05, 0) is 49.3 Å². The fraction of sp³-hybridized carbons (Fsp3) is 0.242. The minimum Gasteiger partial charge on any atom is -0.510 e. The number of unbranched alkanes of at least 4 members (excludes halogenated alkanes) is 1. The van der Waals surface area contributed by atoms with Crippen molar-refractivity contribution in [2.45, 2.75) is 44.9 Å². The number of allylic oxidation sites excluding steroid dienone is 3. The molecule has 0 saturated carbocycles. The number of benzene rings is 1. The topological polar surface area (TPSA) is 171 Å². The van der Waals surface area contributed by atoms with Gasteiger partial charge in [-0.15, -0.1) is 0 Å². The van der Waals surface area contributed by atoms with Crippen LogP contribution in [-0.2, 0) is 11.8 Å². The van der Waals surface area contributed by atoms with Crippen molar-refractivity contribution in [3.63, 3.8) is 0 Å². The van der Waals surface area contributed by atoms with Crippen molar-refractivity contribution in [1.29, 1.82) is 0 Å². The van der Waals surface area contributed by atoms with Crippen molar-refractivity contribution >= 4 is 28.4 Å². The van der Waals surface area contributed by atoms with E-state index in [1.54, 1.807) is 30.4 Å². The number of aromatic nitrogens is 1. The number of phenols is 1. The molecule has 0 bridgehead atoms. The summed E-state index contributed by atoms with van der Waals surface area (Å²) in [6.45, 7) is 3.87. The Bertz CT molecular complexity index is 2410. The Labute approximate surface area is 241 Å². The molecule has 0 saturated heterocycles. The summed E-state index contributed by atoms with van der Waals surface area (Å²) in [7, 11) is 0. The van der Waals surface area contributed by atoms with E-state index in [1.807, 2.05) is 19.9 Å². The number of nitrogens with one attached hydrogen (secondary N) is 1. The van der Waals surface area contributed by atoms with Gasteiger partial charge in [0.25, 0.3) is 5.56 Å². The number of aromatic amines is 1. The van der Waals surface area contributed by atoms with Gasteiger partial charge < -0.3 is 25.0 Å². The number of fused-ring (bicyclic) bond motifs is 4. The van der Waals surface area contributed by atoms with Gasteiger partial charge in [0, 0.05) is 17.3 Å². The van der Waals surface area contributed by atoms with E-state index in [0.29, 0.717) is 23.1 Å². The van der Waals surface area contributed by atoms with Gasteiger partial charge in [-0.3, -0.25) is 24.0 Å². The van der Waals surface area contributed by atoms with Crippen LogP contribution in [0.15, 0.2) is 60.4 Å². The Balaban J connectivity index is 1.68. The molecule has 0 radical (unpaired) electrons. The Morgan fingerprint density at radius 3 is 2.28 bits per heavy atom. The van der Waals surface area contributed by atoms with Crippen molar-refractivity contribution in [2.75, 3.05) is 6.61 Å². The van der Waals surface area contributed by atoms with Crippen molar-refractivity contribution < 1.29 is 20.1 Å². The highest BCUT2D eigenvalue weighted by Gasteiger charge is 2.53. The number of pyridine rings is 1. The lowest BCUT2D eigenvalue weighted by Gasteiger charge is -2.27. The van der Waals surface area contributed by atoms with Crippen molar-refractivity contribution in [2.24, 2.45) is 0 Å². The Hall–Kier alpha value is -5.25. The zero-order chi connectivity index (χ0) is 30.8. The molecule has 1 spiro atoms. The minimum atomic E-state index is -1.94. The summed E-state index contributed by atoms with van der Waals surface area (Å²) in [5.74, 6) is -2.36. The molecule has 43 heavy (non-hydrogen) atoms. The molecule has 0 unspecified atom stereocenters. The van der Waals surface area contributed by atoms with Crippen LogP contribution in [0.25, 0.3) is 28.4 Å². The zero-order valence-corrected chi connectivity index (χ0v) is 23.4. The molecule has 1 aromatic heterocycles. The van der Waals surface area contributed by atoms with Gasteiger partial charge in [-0.1, -0.05) is 37.6 Å². The summed E-state index contributed by atoms with van der Waals surface area (Å²) >= 11 is 0. The second-order valence-electron chi connectivity index (χ2n) is 10.8. The molecule has 2 aromatic rings. The second kappa shape index (κ2) is 9.94. The summed E-state index contributed by atoms with van der Waals surface area (Å²) in [6, 6.07) is 4.18. The predicted octanol–water partition coefficient (Wildman–Crippen LogP) is 1.27. The van der Waals surface area contributed by atoms with Gasteiger partial charge in [0.15, 0.2) is 11.2 Å². The van der Waals surface area contributed by atoms with Gasteiger partial charge in [-0.2, -0.15) is 0 Å². The highest BCUT2D eigenvalue weighted by Crippen LogP contribution is 2.54. The average Bonchev–Trinajstić information content (AvgIpc) is 3.46. The molecular formula is C33H27NO9. The van der Waals surface area contributed by atoms with E-state index >= 15 is 0 Å². The number of hydrogen-bond acceptors (Lipinski definition) is 9. The van der Waals surface area contributed by atoms with E-state index in [2.05, 4.69) is 4.98 Å². The van der Waals surface area contributed by atoms with Crippen LogP contribution >= 0.6 is 0 Å². The molecular weight excluding hydrogens is 554 g/mol. The van der Waals surface area contributed by atoms with Crippen LogP contribution in [0, 0.1) is 10.4 Å². The third kappa shape index (κ3) is 3.75. The first-order chi connectivity index (χ1) is 20.6. The Morgan fingerprint density at radius 1 is 0.907 bits per heavy atom. The van der Waals surface area contributed by atoms with E-state index in [9.17, 15) is 39.3 Å². The lowest BCUT2D eigenvalue weighted by molar-refractivity contribution is 0.306. The monoisotopic (exact) mass is 581 g/mol. The van der Waals surface area contributed by atoms with Crippen LogP contribution in [-0.4, -0.2) is 26.9 Å². The van der Waals surface area contributed by atoms with Gasteiger partial charge in [0.2, 0.25) is 16.3 Å². The van der Waals surface area contributed by atoms with E-state index in [4.69, 9.17) is 4.74 Å². The lowest BCUT2D eigenvalue weighted by atomic mass is 9.78. The zero-order valence-electron chi connectivity index (χ0n) is 23.4. The molecule has 4 aliphatic rings. The Morgan fingerprint density at radius 2 is 1.60 bits per heavy atom. The molecule has 0 fully saturated rings. The first-order valence-corrected chi connectivity index (χ1v) is 13.9. The molecule has 1 aromatic carbocycles. The normalized spacial score (nSPS) is 17.7. The standard InChI is InChI=1S/C33H27NO9/c1-3-5-7-8-17-13-16-12-15-9-10-33(25(15)29(39)20(16)32(42)34-17)30(40)23-24(31(33)41)28(38)22-21(27(23)37)18(35)14-19(26(22)36)43-11-6-4-2/h3,5,7-8,12-14,39-41H,4,6,9-11H2,1-2H3,(H,34,42)/b5-3+,8-7+/t33-/m0/s1. The molecule has 4 N–H and O–H groups in total. The van der Waals surface area contributed by atoms with E-state index in [0.717, 1.165) is 12.5 Å². The summed E-state index contributed by atoms with van der Waals surface area (Å²) in [6.07, 6.45) is 8.51. The smallest absolute Gasteiger partial charge is 0.260 e. The maximum absolute atomic E-state index is 13.8. The SMILES string of the molecule is C/C=C/C=C/c1cc2cc3c(c(O)c2c(=O)[nH]1)[C@@]1(CC3)C(O)=c2c(=O)c3c(=O)cc(OCCCC)c(=O)c=3c(=O)c2=C1O. The number of phenolic OH excluding ortho intramolecular Hbond substituents is 1. The van der Waals surface area contributed by atoms with Crippen LogP contribution in [0.3, 0.4) is 0 Å². The highest BCUT2D eigenvalue weighted by molar-refractivity contribution is 5.94. The van der Waals surface area contributed by atoms with Crippen molar-refractivity contribution in [1.82, 2.24) is 4.98 Å². The third-order valence-corrected chi connectivity index (χ3v) is 8.39. The number of hydrogen-bond donors (Lipinski definition) is 4. The molecule has 10 heteroatoms. The number of H-pyrrole nitrogens is 1. The maximum Gasteiger partial charge on any atom is 0.260 e. The largest absolute Gasteiger partial charge is 0.510 e. The number of aliphatic hydroxyl groups is 2. The van der Waals surface area contributed by atoms with Gasteiger partial charge in [0.05, 0.1) is 32.9 Å². The van der Waals surface area contributed by atoms with Crippen molar-refractivity contribution in [3.05, 3.63) is 125 Å². The minimum absolute atomic E-state index is 0.0231. The fourth-order valence-corrected chi connectivity index (χ4v) is 6.41. The fourth-order valence-electron chi connectivity index (χ4n) is 6.41.